The van der Waals surface area contributed by atoms with Gasteiger partial charge in [0.15, 0.2) is 0 Å². The Morgan fingerprint density at radius 1 is 1.21 bits per heavy atom. The molecule has 0 spiro atoms. The van der Waals surface area contributed by atoms with Gasteiger partial charge < -0.3 is 4.74 Å². The van der Waals surface area contributed by atoms with Gasteiger partial charge in [-0.05, 0) is 68.4 Å². The number of hydrogen-bond donors (Lipinski definition) is 0. The first-order chi connectivity index (χ1) is 13.9. The molecule has 0 heterocycles. The third-order valence-corrected chi connectivity index (χ3v) is 5.42. The molecule has 0 saturated carbocycles. The molecule has 2 atom stereocenters. The highest BCUT2D eigenvalue weighted by molar-refractivity contribution is 5.41. The van der Waals surface area contributed by atoms with Crippen molar-refractivity contribution >= 4 is 0 Å². The predicted octanol–water partition coefficient (Wildman–Crippen LogP) is 8.07. The maximum atomic E-state index is 6.52. The van der Waals surface area contributed by atoms with Gasteiger partial charge in [0, 0.05) is 6.42 Å². The fraction of sp³-hybridized carbons (Fsp3) is 0.357. The number of ether oxygens (including phenoxy) is 1. The monoisotopic (exact) mass is 388 g/mol. The molecule has 154 valence electrons. The summed E-state index contributed by atoms with van der Waals surface area (Å²) in [7, 11) is 0. The summed E-state index contributed by atoms with van der Waals surface area (Å²) in [6, 6.07) is 8.31. The van der Waals surface area contributed by atoms with Crippen molar-refractivity contribution in [1.82, 2.24) is 0 Å². The fourth-order valence-corrected chi connectivity index (χ4v) is 3.53. The first-order valence-electron chi connectivity index (χ1n) is 10.7. The van der Waals surface area contributed by atoms with E-state index in [1.54, 1.807) is 0 Å². The van der Waals surface area contributed by atoms with Gasteiger partial charge in [-0.1, -0.05) is 86.7 Å². The van der Waals surface area contributed by atoms with Crippen molar-refractivity contribution in [3.63, 3.8) is 0 Å². The summed E-state index contributed by atoms with van der Waals surface area (Å²) in [6.45, 7) is 17.1. The van der Waals surface area contributed by atoms with Gasteiger partial charge in [-0.25, -0.2) is 0 Å². The Balaban J connectivity index is 2.14. The van der Waals surface area contributed by atoms with Crippen molar-refractivity contribution < 1.29 is 4.74 Å². The second-order valence-corrected chi connectivity index (χ2v) is 8.12. The average Bonchev–Trinajstić information content (AvgIpc) is 2.71. The van der Waals surface area contributed by atoms with Gasteiger partial charge in [0.05, 0.1) is 0 Å². The van der Waals surface area contributed by atoms with Gasteiger partial charge in [-0.15, -0.1) is 0 Å². The van der Waals surface area contributed by atoms with Crippen LogP contribution in [0.1, 0.15) is 52.0 Å². The van der Waals surface area contributed by atoms with Gasteiger partial charge >= 0.3 is 0 Å². The maximum Gasteiger partial charge on any atom is 0.131 e. The van der Waals surface area contributed by atoms with Gasteiger partial charge in [0.1, 0.15) is 11.4 Å². The second-order valence-electron chi connectivity index (χ2n) is 8.12. The molecular formula is C28H36O. The van der Waals surface area contributed by atoms with Gasteiger partial charge in [0.2, 0.25) is 0 Å². The minimum atomic E-state index is -0.334. The van der Waals surface area contributed by atoms with Crippen molar-refractivity contribution in [2.75, 3.05) is 0 Å². The van der Waals surface area contributed by atoms with Crippen LogP contribution in [-0.2, 0) is 0 Å². The van der Waals surface area contributed by atoms with Gasteiger partial charge in [-0.2, -0.15) is 0 Å². The van der Waals surface area contributed by atoms with Crippen molar-refractivity contribution in [3.8, 4) is 5.75 Å². The first kappa shape index (κ1) is 22.7. The molecule has 0 aromatic heterocycles. The SMILES string of the molecule is C=C(/C=C\C(=C)/C(=C/C=C\C)CC)C[C@]1(Oc2ccc(C)cc2)C=CC(C)CC1. The van der Waals surface area contributed by atoms with E-state index < -0.39 is 0 Å². The Morgan fingerprint density at radius 3 is 2.52 bits per heavy atom. The van der Waals surface area contributed by atoms with Crippen molar-refractivity contribution in [2.45, 2.75) is 59.0 Å². The highest BCUT2D eigenvalue weighted by Crippen LogP contribution is 2.35. The van der Waals surface area contributed by atoms with Gasteiger partial charge in [-0.3, -0.25) is 0 Å². The third kappa shape index (κ3) is 7.09. The molecule has 1 aromatic carbocycles. The summed E-state index contributed by atoms with van der Waals surface area (Å²) < 4.78 is 6.52. The molecule has 0 amide bonds. The summed E-state index contributed by atoms with van der Waals surface area (Å²) in [5, 5.41) is 0. The smallest absolute Gasteiger partial charge is 0.131 e. The lowest BCUT2D eigenvalue weighted by molar-refractivity contribution is 0.0980. The van der Waals surface area contributed by atoms with Crippen LogP contribution in [0, 0.1) is 12.8 Å². The normalized spacial score (nSPS) is 22.3. The topological polar surface area (TPSA) is 9.23 Å². The fourth-order valence-electron chi connectivity index (χ4n) is 3.53. The largest absolute Gasteiger partial charge is 0.483 e. The molecule has 1 aliphatic rings. The summed E-state index contributed by atoms with van der Waals surface area (Å²) in [5.74, 6) is 1.51. The minimum Gasteiger partial charge on any atom is -0.483 e. The van der Waals surface area contributed by atoms with Crippen LogP contribution in [0.2, 0.25) is 0 Å². The van der Waals surface area contributed by atoms with E-state index in [2.05, 4.69) is 94.7 Å². The molecule has 0 N–H and O–H groups in total. The van der Waals surface area contributed by atoms with E-state index in [4.69, 9.17) is 4.74 Å². The Hall–Kier alpha value is -2.54. The van der Waals surface area contributed by atoms with Crippen LogP contribution in [0.5, 0.6) is 5.75 Å². The molecule has 0 fully saturated rings. The molecule has 29 heavy (non-hydrogen) atoms. The Labute approximate surface area is 177 Å². The van der Waals surface area contributed by atoms with E-state index in [1.165, 1.54) is 11.1 Å². The average molecular weight is 389 g/mol. The molecule has 1 nitrogen and oxygen atoms in total. The van der Waals surface area contributed by atoms with Crippen LogP contribution in [0.3, 0.4) is 0 Å². The van der Waals surface area contributed by atoms with E-state index in [1.807, 2.05) is 13.0 Å². The standard InChI is InChI=1S/C28H36O/c1-7-9-10-26(8-2)25(6)14-11-24(5)21-28(19-17-23(4)18-20-28)29-27-15-12-22(3)13-16-27/h7,9-17,19,23H,5-6,8,18,20-21H2,1-4H3/b9-7-,14-11-,26-10+/t23?,28-/m0/s1. The van der Waals surface area contributed by atoms with Crippen molar-refractivity contribution in [3.05, 3.63) is 102 Å². The quantitative estimate of drug-likeness (QED) is 0.307. The molecule has 2 rings (SSSR count). The highest BCUT2D eigenvalue weighted by atomic mass is 16.5. The Morgan fingerprint density at radius 2 is 1.93 bits per heavy atom. The summed E-state index contributed by atoms with van der Waals surface area (Å²) in [4.78, 5) is 0. The zero-order valence-electron chi connectivity index (χ0n) is 18.6. The first-order valence-corrected chi connectivity index (χ1v) is 10.7. The van der Waals surface area contributed by atoms with E-state index in [0.717, 1.165) is 42.6 Å². The molecular weight excluding hydrogens is 352 g/mol. The molecule has 1 aliphatic carbocycles. The Kier molecular flexibility index (Phi) is 8.51. The third-order valence-electron chi connectivity index (χ3n) is 5.42. The molecule has 0 saturated heterocycles. The van der Waals surface area contributed by atoms with E-state index >= 15 is 0 Å². The zero-order valence-corrected chi connectivity index (χ0v) is 18.6. The van der Waals surface area contributed by atoms with Crippen LogP contribution in [0.4, 0.5) is 0 Å². The summed E-state index contributed by atoms with van der Waals surface area (Å²) >= 11 is 0. The molecule has 1 aromatic rings. The number of rotatable bonds is 9. The lowest BCUT2D eigenvalue weighted by Crippen LogP contribution is -2.36. The lowest BCUT2D eigenvalue weighted by atomic mass is 9.81. The van der Waals surface area contributed by atoms with Crippen LogP contribution in [-0.4, -0.2) is 5.60 Å². The number of benzene rings is 1. The van der Waals surface area contributed by atoms with Crippen LogP contribution < -0.4 is 4.74 Å². The van der Waals surface area contributed by atoms with Crippen molar-refractivity contribution in [1.29, 1.82) is 0 Å². The predicted molar refractivity (Wildman–Crippen MR) is 127 cm³/mol. The van der Waals surface area contributed by atoms with Crippen LogP contribution in [0.25, 0.3) is 0 Å². The molecule has 0 bridgehead atoms. The molecule has 0 aliphatic heterocycles. The summed E-state index contributed by atoms with van der Waals surface area (Å²) in [5.41, 5.74) is 4.23. The van der Waals surface area contributed by atoms with E-state index in [0.29, 0.717) is 5.92 Å². The van der Waals surface area contributed by atoms with E-state index in [9.17, 15) is 0 Å². The van der Waals surface area contributed by atoms with E-state index in [-0.39, 0.29) is 5.60 Å². The molecule has 1 heteroatoms. The molecule has 0 radical (unpaired) electrons. The Bertz CT molecular complexity index is 816. The molecule has 1 unspecified atom stereocenters. The summed E-state index contributed by atoms with van der Waals surface area (Å²) in [6.07, 6.45) is 18.8. The second kappa shape index (κ2) is 10.9. The van der Waals surface area contributed by atoms with Crippen molar-refractivity contribution in [2.24, 2.45) is 5.92 Å². The number of allylic oxidation sites excluding steroid dienone is 8. The zero-order chi connectivity index (χ0) is 21.3. The van der Waals surface area contributed by atoms with Crippen LogP contribution in [0.15, 0.2) is 96.7 Å². The minimum absolute atomic E-state index is 0.334. The highest BCUT2D eigenvalue weighted by Gasteiger charge is 2.32. The van der Waals surface area contributed by atoms with Gasteiger partial charge in [0.25, 0.3) is 0 Å². The van der Waals surface area contributed by atoms with Crippen LogP contribution >= 0.6 is 0 Å². The number of hydrogen-bond acceptors (Lipinski definition) is 1. The maximum absolute atomic E-state index is 6.52. The lowest BCUT2D eigenvalue weighted by Gasteiger charge is -2.36. The number of aryl methyl sites for hydroxylation is 1.